The van der Waals surface area contributed by atoms with Gasteiger partial charge in [0.1, 0.15) is 11.3 Å². The Bertz CT molecular complexity index is 1590. The lowest BCUT2D eigenvalue weighted by atomic mass is 9.76. The molecular weight excluding hydrogens is 668 g/mol. The first-order valence-electron chi connectivity index (χ1n) is 13.6. The van der Waals surface area contributed by atoms with Gasteiger partial charge in [-0.25, -0.2) is 13.2 Å². The number of likely N-dealkylation sites (N-methyl/N-ethyl adjacent to an activating group) is 1. The zero-order valence-corrected chi connectivity index (χ0v) is 25.6. The van der Waals surface area contributed by atoms with Crippen LogP contribution in [0.1, 0.15) is 12.5 Å². The third kappa shape index (κ3) is 8.02. The van der Waals surface area contributed by atoms with Gasteiger partial charge in [0.05, 0.1) is 23.8 Å². The molecule has 2 aliphatic rings. The van der Waals surface area contributed by atoms with Crippen molar-refractivity contribution in [3.05, 3.63) is 60.2 Å². The van der Waals surface area contributed by atoms with Crippen LogP contribution in [0.5, 0.6) is 5.75 Å². The van der Waals surface area contributed by atoms with Crippen LogP contribution in [-0.4, -0.2) is 97.8 Å². The summed E-state index contributed by atoms with van der Waals surface area (Å²) in [4.78, 5) is 49.4. The molecule has 0 aliphatic carbocycles. The number of aliphatic carboxylic acids is 1. The summed E-state index contributed by atoms with van der Waals surface area (Å²) in [6.45, 7) is 1.18. The predicted octanol–water partition coefficient (Wildman–Crippen LogP) is 2.59. The van der Waals surface area contributed by atoms with Gasteiger partial charge in [-0.2, -0.15) is 17.5 Å². The molecule has 2 amide bonds. The van der Waals surface area contributed by atoms with E-state index in [4.69, 9.17) is 14.6 Å². The van der Waals surface area contributed by atoms with Gasteiger partial charge in [0.2, 0.25) is 21.8 Å². The van der Waals surface area contributed by atoms with E-state index in [1.807, 2.05) is 0 Å². The largest absolute Gasteiger partial charge is 0.573 e. The molecule has 0 saturated carbocycles. The van der Waals surface area contributed by atoms with Gasteiger partial charge in [0.25, 0.3) is 0 Å². The standard InChI is InChI=1S/C26H28F3N3O7S.C2HF3O2/c1-4-32(40(36,37)18-12-10-17(11-13-18)39-26(27,28)29)15-19-20-21(23(34)31(2)22(20)33)25(30-19,24(35)38-3)14-16-8-6-5-7-9-16;3-2(4,5)1(6)7/h5-13,19-21,30H,4,14-15H2,1-3H3;(H,6,7)/t19-,20+,21-,25-;/m1./s1. The van der Waals surface area contributed by atoms with Crippen LogP contribution in [0.25, 0.3) is 0 Å². The van der Waals surface area contributed by atoms with Crippen molar-refractivity contribution >= 4 is 33.8 Å². The first kappa shape index (κ1) is 37.2. The predicted molar refractivity (Wildman–Crippen MR) is 148 cm³/mol. The number of alkyl halides is 6. The first-order valence-corrected chi connectivity index (χ1v) is 15.0. The van der Waals surface area contributed by atoms with Gasteiger partial charge in [0.15, 0.2) is 0 Å². The van der Waals surface area contributed by atoms with Crippen LogP contribution < -0.4 is 10.1 Å². The van der Waals surface area contributed by atoms with Crippen LogP contribution in [-0.2, 0) is 40.4 Å². The van der Waals surface area contributed by atoms with Crippen molar-refractivity contribution < 1.29 is 68.5 Å². The molecule has 2 heterocycles. The molecule has 0 radical (unpaired) electrons. The molecule has 19 heteroatoms. The molecule has 2 saturated heterocycles. The Labute approximate surface area is 264 Å². The number of hydrogen-bond acceptors (Lipinski definition) is 9. The maximum atomic E-state index is 13.5. The van der Waals surface area contributed by atoms with Gasteiger partial charge in [-0.3, -0.25) is 24.6 Å². The highest BCUT2D eigenvalue weighted by Crippen LogP contribution is 2.45. The van der Waals surface area contributed by atoms with E-state index < -0.39 is 75.5 Å². The SMILES string of the molecule is CCN(C[C@H]1N[C@@](Cc2ccccc2)(C(=O)OC)[C@H]2C(=O)N(C)C(=O)[C@@H]12)S(=O)(=O)c1ccc(OC(F)(F)F)cc1.O=C(O)C(F)(F)F. The number of sulfonamides is 1. The zero-order chi connectivity index (χ0) is 35.5. The lowest BCUT2D eigenvalue weighted by molar-refractivity contribution is -0.274. The highest BCUT2D eigenvalue weighted by molar-refractivity contribution is 7.89. The molecule has 2 aromatic carbocycles. The zero-order valence-electron chi connectivity index (χ0n) is 24.8. The van der Waals surface area contributed by atoms with Crippen LogP contribution in [0.15, 0.2) is 59.5 Å². The number of ether oxygens (including phenoxy) is 2. The second kappa shape index (κ2) is 13.9. The third-order valence-corrected chi connectivity index (χ3v) is 9.50. The van der Waals surface area contributed by atoms with Crippen molar-refractivity contribution in [3.63, 3.8) is 0 Å². The van der Waals surface area contributed by atoms with Crippen molar-refractivity contribution in [3.8, 4) is 5.75 Å². The number of esters is 1. The molecule has 2 fully saturated rings. The Balaban J connectivity index is 0.000000771. The number of halogens is 6. The number of nitrogens with one attached hydrogen (secondary N) is 1. The molecule has 0 bridgehead atoms. The van der Waals surface area contributed by atoms with Crippen LogP contribution in [0, 0.1) is 11.8 Å². The monoisotopic (exact) mass is 697 g/mol. The lowest BCUT2D eigenvalue weighted by Crippen LogP contribution is -2.59. The molecule has 0 unspecified atom stereocenters. The number of nitrogens with zero attached hydrogens (tertiary/aromatic N) is 2. The number of carboxylic acids is 1. The molecule has 2 aliphatic heterocycles. The topological polar surface area (TPSA) is 160 Å². The number of carbonyl (C=O) groups is 4. The summed E-state index contributed by atoms with van der Waals surface area (Å²) in [5.74, 6) is -7.47. The van der Waals surface area contributed by atoms with E-state index in [-0.39, 0.29) is 24.4 Å². The fraction of sp³-hybridized carbons (Fsp3) is 0.429. The number of rotatable bonds is 9. The molecule has 2 N–H and O–H groups in total. The van der Waals surface area contributed by atoms with Gasteiger partial charge < -0.3 is 14.6 Å². The lowest BCUT2D eigenvalue weighted by Gasteiger charge is -2.33. The summed E-state index contributed by atoms with van der Waals surface area (Å²) in [5, 5.41) is 10.2. The summed E-state index contributed by atoms with van der Waals surface area (Å²) in [6, 6.07) is 11.6. The van der Waals surface area contributed by atoms with Gasteiger partial charge in [0, 0.05) is 32.6 Å². The van der Waals surface area contributed by atoms with Gasteiger partial charge in [-0.1, -0.05) is 37.3 Å². The highest BCUT2D eigenvalue weighted by atomic mass is 32.2. The number of fused-ring (bicyclic) bond motifs is 1. The maximum Gasteiger partial charge on any atom is 0.573 e. The van der Waals surface area contributed by atoms with E-state index in [1.54, 1.807) is 37.3 Å². The number of imide groups is 1. The quantitative estimate of drug-likeness (QED) is 0.227. The molecule has 12 nitrogen and oxygen atoms in total. The van der Waals surface area contributed by atoms with Crippen molar-refractivity contribution in [1.82, 2.24) is 14.5 Å². The fourth-order valence-electron chi connectivity index (χ4n) is 5.53. The molecule has 0 spiro atoms. The number of hydrogen-bond donors (Lipinski definition) is 2. The van der Waals surface area contributed by atoms with E-state index >= 15 is 0 Å². The summed E-state index contributed by atoms with van der Waals surface area (Å²) in [7, 11) is -1.79. The Hall–Kier alpha value is -4.23. The second-order valence-corrected chi connectivity index (χ2v) is 12.3. The van der Waals surface area contributed by atoms with Gasteiger partial charge >= 0.3 is 24.5 Å². The van der Waals surface area contributed by atoms with E-state index in [9.17, 15) is 49.1 Å². The average Bonchev–Trinajstić information content (AvgIpc) is 3.43. The molecular formula is C28H29F6N3O9S. The average molecular weight is 698 g/mol. The number of benzene rings is 2. The number of carbonyl (C=O) groups excluding carboxylic acids is 3. The molecule has 47 heavy (non-hydrogen) atoms. The minimum atomic E-state index is -5.08. The van der Waals surface area contributed by atoms with Gasteiger partial charge in [-0.15, -0.1) is 13.2 Å². The summed E-state index contributed by atoms with van der Waals surface area (Å²) < 4.78 is 106. The molecule has 4 rings (SSSR count). The fourth-order valence-corrected chi connectivity index (χ4v) is 7.00. The highest BCUT2D eigenvalue weighted by Gasteiger charge is 2.68. The van der Waals surface area contributed by atoms with Gasteiger partial charge in [-0.05, 0) is 29.8 Å². The van der Waals surface area contributed by atoms with Crippen LogP contribution in [0.3, 0.4) is 0 Å². The number of amides is 2. The Morgan fingerprint density at radius 3 is 2.02 bits per heavy atom. The minimum Gasteiger partial charge on any atom is -0.475 e. The summed E-state index contributed by atoms with van der Waals surface area (Å²) in [6.07, 6.45) is -10.0. The Morgan fingerprint density at radius 2 is 1.55 bits per heavy atom. The van der Waals surface area contributed by atoms with E-state index in [0.717, 1.165) is 33.5 Å². The van der Waals surface area contributed by atoms with Crippen molar-refractivity contribution in [1.29, 1.82) is 0 Å². The van der Waals surface area contributed by atoms with E-state index in [2.05, 4.69) is 10.1 Å². The molecule has 0 aromatic heterocycles. The number of methoxy groups -OCH3 is 1. The van der Waals surface area contributed by atoms with Crippen LogP contribution >= 0.6 is 0 Å². The maximum absolute atomic E-state index is 13.5. The normalized spacial score (nSPS) is 22.9. The smallest absolute Gasteiger partial charge is 0.475 e. The second-order valence-electron chi connectivity index (χ2n) is 10.4. The summed E-state index contributed by atoms with van der Waals surface area (Å²) >= 11 is 0. The van der Waals surface area contributed by atoms with Crippen LogP contribution in [0.4, 0.5) is 26.3 Å². The minimum absolute atomic E-state index is 0.00455. The third-order valence-electron chi connectivity index (χ3n) is 7.54. The molecule has 4 atom stereocenters. The van der Waals surface area contributed by atoms with Crippen LogP contribution in [0.2, 0.25) is 0 Å². The van der Waals surface area contributed by atoms with E-state index in [1.165, 1.54) is 14.2 Å². The summed E-state index contributed by atoms with van der Waals surface area (Å²) in [5.41, 5.74) is -0.960. The Kier molecular flexibility index (Phi) is 11.0. The number of carboxylic acid groups (broad SMARTS) is 1. The first-order chi connectivity index (χ1) is 21.7. The molecule has 258 valence electrons. The number of likely N-dealkylation sites (tertiary alicyclic amines) is 1. The Morgan fingerprint density at radius 1 is 1.00 bits per heavy atom. The molecule has 2 aromatic rings. The van der Waals surface area contributed by atoms with Crippen molar-refractivity contribution in [2.24, 2.45) is 11.8 Å². The van der Waals surface area contributed by atoms with E-state index in [0.29, 0.717) is 5.56 Å². The van der Waals surface area contributed by atoms with Crippen molar-refractivity contribution in [2.75, 3.05) is 27.2 Å². The van der Waals surface area contributed by atoms with Crippen molar-refractivity contribution in [2.45, 2.75) is 42.4 Å².